The monoisotopic (exact) mass is 390 g/mol. The van der Waals surface area contributed by atoms with Gasteiger partial charge in [-0.1, -0.05) is 11.6 Å². The summed E-state index contributed by atoms with van der Waals surface area (Å²) in [6.07, 6.45) is 5.29. The van der Waals surface area contributed by atoms with Gasteiger partial charge in [0, 0.05) is 30.0 Å². The predicted molar refractivity (Wildman–Crippen MR) is 100 cm³/mol. The molecule has 7 heteroatoms. The summed E-state index contributed by atoms with van der Waals surface area (Å²) in [6.45, 7) is 1.97. The number of benzene rings is 1. The van der Waals surface area contributed by atoms with E-state index < -0.39 is 0 Å². The third-order valence-electron chi connectivity index (χ3n) is 5.07. The highest BCUT2D eigenvalue weighted by Gasteiger charge is 2.36. The molecule has 1 aromatic heterocycles. The van der Waals surface area contributed by atoms with Crippen molar-refractivity contribution in [3.05, 3.63) is 41.4 Å². The van der Waals surface area contributed by atoms with Crippen molar-refractivity contribution in [3.63, 3.8) is 0 Å². The fraction of sp³-hybridized carbons (Fsp3) is 0.500. The van der Waals surface area contributed by atoms with Crippen LogP contribution < -0.4 is 0 Å². The summed E-state index contributed by atoms with van der Waals surface area (Å²) >= 11 is 5.92. The van der Waals surface area contributed by atoms with Crippen molar-refractivity contribution in [1.29, 1.82) is 0 Å². The maximum absolute atomic E-state index is 12.8. The van der Waals surface area contributed by atoms with Crippen LogP contribution in [-0.4, -0.2) is 47.9 Å². The van der Waals surface area contributed by atoms with E-state index in [1.54, 1.807) is 6.20 Å². The average molecular weight is 391 g/mol. The number of carbonyl (C=O) groups excluding carboxylic acids is 1. The van der Waals surface area contributed by atoms with Crippen molar-refractivity contribution in [1.82, 2.24) is 9.88 Å². The van der Waals surface area contributed by atoms with Crippen LogP contribution in [-0.2, 0) is 20.7 Å². The number of ether oxygens (including phenoxy) is 2. The molecule has 2 fully saturated rings. The van der Waals surface area contributed by atoms with Crippen molar-refractivity contribution in [2.24, 2.45) is 0 Å². The number of rotatable bonds is 5. The molecule has 1 unspecified atom stereocenters. The smallest absolute Gasteiger partial charge is 0.223 e. The Bertz CT molecular complexity index is 771. The van der Waals surface area contributed by atoms with Crippen LogP contribution in [0.2, 0.25) is 5.02 Å². The molecule has 0 N–H and O–H groups in total. The van der Waals surface area contributed by atoms with E-state index in [9.17, 15) is 4.79 Å². The number of halogens is 1. The van der Waals surface area contributed by atoms with Crippen LogP contribution in [0.1, 0.15) is 31.6 Å². The van der Waals surface area contributed by atoms with Gasteiger partial charge in [-0.15, -0.1) is 0 Å². The highest BCUT2D eigenvalue weighted by Crippen LogP contribution is 2.26. The molecule has 2 aliphatic rings. The summed E-state index contributed by atoms with van der Waals surface area (Å²) in [5.74, 6) is 1.35. The van der Waals surface area contributed by atoms with E-state index >= 15 is 0 Å². The summed E-state index contributed by atoms with van der Waals surface area (Å²) in [7, 11) is 0. The van der Waals surface area contributed by atoms with Crippen LogP contribution in [0.3, 0.4) is 0 Å². The van der Waals surface area contributed by atoms with Crippen molar-refractivity contribution >= 4 is 17.5 Å². The molecule has 1 atom stereocenters. The lowest BCUT2D eigenvalue weighted by molar-refractivity contribution is -0.150. The summed E-state index contributed by atoms with van der Waals surface area (Å²) in [4.78, 5) is 19.0. The third kappa shape index (κ3) is 4.34. The molecule has 0 saturated carbocycles. The standard InChI is InChI=1S/C20H23ClN2O4/c21-15-6-4-14(5-7-15)17-13-22-18(27-17)8-9-19(24)23-10-2-1-3-16(23)20-25-11-12-26-20/h4-7,13,16,20H,1-3,8-12H2. The number of piperidine rings is 1. The van der Waals surface area contributed by atoms with Crippen molar-refractivity contribution in [2.75, 3.05) is 19.8 Å². The topological polar surface area (TPSA) is 64.8 Å². The number of hydrogen-bond acceptors (Lipinski definition) is 5. The number of hydrogen-bond donors (Lipinski definition) is 0. The van der Waals surface area contributed by atoms with Crippen molar-refractivity contribution in [2.45, 2.75) is 44.4 Å². The van der Waals surface area contributed by atoms with E-state index in [2.05, 4.69) is 4.98 Å². The van der Waals surface area contributed by atoms with Crippen LogP contribution in [0.25, 0.3) is 11.3 Å². The zero-order chi connectivity index (χ0) is 18.6. The second-order valence-electron chi connectivity index (χ2n) is 6.89. The Morgan fingerprint density at radius 2 is 1.96 bits per heavy atom. The van der Waals surface area contributed by atoms with Crippen LogP contribution >= 0.6 is 11.6 Å². The van der Waals surface area contributed by atoms with E-state index in [0.29, 0.717) is 42.7 Å². The first-order chi connectivity index (χ1) is 13.2. The Labute approximate surface area is 163 Å². The van der Waals surface area contributed by atoms with Gasteiger partial charge >= 0.3 is 0 Å². The molecular formula is C20H23ClN2O4. The highest BCUT2D eigenvalue weighted by molar-refractivity contribution is 6.30. The third-order valence-corrected chi connectivity index (χ3v) is 5.32. The van der Waals surface area contributed by atoms with Gasteiger partial charge in [0.25, 0.3) is 0 Å². The molecule has 0 radical (unpaired) electrons. The molecule has 27 heavy (non-hydrogen) atoms. The van der Waals surface area contributed by atoms with Gasteiger partial charge in [0.15, 0.2) is 17.9 Å². The van der Waals surface area contributed by atoms with E-state index in [-0.39, 0.29) is 18.2 Å². The van der Waals surface area contributed by atoms with E-state index in [1.807, 2.05) is 29.2 Å². The summed E-state index contributed by atoms with van der Waals surface area (Å²) < 4.78 is 17.1. The Hall–Kier alpha value is -1.89. The Morgan fingerprint density at radius 1 is 1.19 bits per heavy atom. The molecule has 0 spiro atoms. The Morgan fingerprint density at radius 3 is 2.74 bits per heavy atom. The SMILES string of the molecule is O=C(CCc1ncc(-c2ccc(Cl)cc2)o1)N1CCCCC1C1OCCO1. The van der Waals surface area contributed by atoms with Gasteiger partial charge in [0.05, 0.1) is 25.5 Å². The molecular weight excluding hydrogens is 368 g/mol. The molecule has 3 heterocycles. The Kier molecular flexibility index (Phi) is 5.76. The van der Waals surface area contributed by atoms with E-state index in [0.717, 1.165) is 31.4 Å². The first-order valence-corrected chi connectivity index (χ1v) is 9.82. The molecule has 4 rings (SSSR count). The molecule has 2 aromatic rings. The number of aromatic nitrogens is 1. The molecule has 0 bridgehead atoms. The van der Waals surface area contributed by atoms with Crippen LogP contribution in [0.15, 0.2) is 34.9 Å². The first kappa shape index (κ1) is 18.5. The lowest BCUT2D eigenvalue weighted by Crippen LogP contribution is -2.50. The zero-order valence-electron chi connectivity index (χ0n) is 15.1. The minimum Gasteiger partial charge on any atom is -0.441 e. The normalized spacial score (nSPS) is 20.9. The van der Waals surface area contributed by atoms with Gasteiger partial charge in [-0.25, -0.2) is 4.98 Å². The van der Waals surface area contributed by atoms with Crippen molar-refractivity contribution in [3.8, 4) is 11.3 Å². The summed E-state index contributed by atoms with van der Waals surface area (Å²) in [5, 5.41) is 0.676. The fourth-order valence-corrected chi connectivity index (χ4v) is 3.81. The number of oxazole rings is 1. The van der Waals surface area contributed by atoms with Gasteiger partial charge in [-0.2, -0.15) is 0 Å². The number of aryl methyl sites for hydroxylation is 1. The van der Waals surface area contributed by atoms with Gasteiger partial charge in [0.2, 0.25) is 5.91 Å². The van der Waals surface area contributed by atoms with Crippen molar-refractivity contribution < 1.29 is 18.7 Å². The van der Waals surface area contributed by atoms with Crippen LogP contribution in [0.5, 0.6) is 0 Å². The van der Waals surface area contributed by atoms with Crippen LogP contribution in [0, 0.1) is 0 Å². The quantitative estimate of drug-likeness (QED) is 0.779. The maximum Gasteiger partial charge on any atom is 0.223 e. The average Bonchev–Trinajstić information content (AvgIpc) is 3.39. The molecule has 144 valence electrons. The summed E-state index contributed by atoms with van der Waals surface area (Å²) in [5.41, 5.74) is 0.913. The molecule has 0 aliphatic carbocycles. The van der Waals surface area contributed by atoms with Gasteiger partial charge in [-0.3, -0.25) is 4.79 Å². The largest absolute Gasteiger partial charge is 0.441 e. The second kappa shape index (κ2) is 8.42. The minimum absolute atomic E-state index is 0.0166. The molecule has 1 amide bonds. The fourth-order valence-electron chi connectivity index (χ4n) is 3.68. The van der Waals surface area contributed by atoms with E-state index in [4.69, 9.17) is 25.5 Å². The number of amides is 1. The van der Waals surface area contributed by atoms with Gasteiger partial charge < -0.3 is 18.8 Å². The van der Waals surface area contributed by atoms with Gasteiger partial charge in [0.1, 0.15) is 0 Å². The minimum atomic E-state index is -0.285. The lowest BCUT2D eigenvalue weighted by atomic mass is 10.0. The molecule has 6 nitrogen and oxygen atoms in total. The number of nitrogens with zero attached hydrogens (tertiary/aromatic N) is 2. The number of likely N-dealkylation sites (tertiary alicyclic amines) is 1. The maximum atomic E-state index is 12.8. The molecule has 1 aromatic carbocycles. The Balaban J connectivity index is 1.36. The molecule has 2 aliphatic heterocycles. The lowest BCUT2D eigenvalue weighted by Gasteiger charge is -2.38. The first-order valence-electron chi connectivity index (χ1n) is 9.44. The van der Waals surface area contributed by atoms with E-state index in [1.165, 1.54) is 0 Å². The second-order valence-corrected chi connectivity index (χ2v) is 7.32. The highest BCUT2D eigenvalue weighted by atomic mass is 35.5. The van der Waals surface area contributed by atoms with Gasteiger partial charge in [-0.05, 0) is 43.5 Å². The zero-order valence-corrected chi connectivity index (χ0v) is 15.9. The number of carbonyl (C=O) groups is 1. The summed E-state index contributed by atoms with van der Waals surface area (Å²) in [6, 6.07) is 7.41. The predicted octanol–water partition coefficient (Wildman–Crippen LogP) is 3.68. The van der Waals surface area contributed by atoms with Crippen LogP contribution in [0.4, 0.5) is 0 Å². The molecule has 2 saturated heterocycles.